The zero-order valence-electron chi connectivity index (χ0n) is 10.4. The SMILES string of the molecule is CC#CCCC(C(=O)O)c1cccc([N+](=O)[O-])c1N. The van der Waals surface area contributed by atoms with Gasteiger partial charge in [0.15, 0.2) is 0 Å². The monoisotopic (exact) mass is 262 g/mol. The summed E-state index contributed by atoms with van der Waals surface area (Å²) >= 11 is 0. The van der Waals surface area contributed by atoms with Gasteiger partial charge in [-0.05, 0) is 18.9 Å². The number of hydrogen-bond acceptors (Lipinski definition) is 4. The number of carbonyl (C=O) groups is 1. The predicted molar refractivity (Wildman–Crippen MR) is 70.6 cm³/mol. The molecule has 0 heterocycles. The van der Waals surface area contributed by atoms with Crippen molar-refractivity contribution in [3.05, 3.63) is 33.9 Å². The van der Waals surface area contributed by atoms with E-state index in [-0.39, 0.29) is 23.4 Å². The van der Waals surface area contributed by atoms with Crippen molar-refractivity contribution in [1.29, 1.82) is 0 Å². The molecule has 0 saturated heterocycles. The van der Waals surface area contributed by atoms with Crippen molar-refractivity contribution in [1.82, 2.24) is 0 Å². The number of carboxylic acid groups (broad SMARTS) is 1. The van der Waals surface area contributed by atoms with Gasteiger partial charge in [0.2, 0.25) is 0 Å². The summed E-state index contributed by atoms with van der Waals surface area (Å²) in [6.45, 7) is 1.66. The Morgan fingerprint density at radius 2 is 2.26 bits per heavy atom. The van der Waals surface area contributed by atoms with E-state index in [0.29, 0.717) is 6.42 Å². The Kier molecular flexibility index (Phi) is 4.89. The normalized spacial score (nSPS) is 11.2. The van der Waals surface area contributed by atoms with E-state index in [9.17, 15) is 20.0 Å². The third-order valence-corrected chi connectivity index (χ3v) is 2.72. The van der Waals surface area contributed by atoms with Crippen molar-refractivity contribution in [2.75, 3.05) is 5.73 Å². The van der Waals surface area contributed by atoms with E-state index in [1.54, 1.807) is 6.92 Å². The van der Waals surface area contributed by atoms with Crippen LogP contribution in [0.4, 0.5) is 11.4 Å². The quantitative estimate of drug-likeness (QED) is 0.366. The molecule has 0 aromatic heterocycles. The summed E-state index contributed by atoms with van der Waals surface area (Å²) in [6, 6.07) is 4.19. The van der Waals surface area contributed by atoms with Crippen LogP contribution in [0, 0.1) is 22.0 Å². The number of nitro groups is 1. The standard InChI is InChI=1S/C13H14N2O4/c1-2-3-4-6-10(13(16)17)9-7-5-8-11(12(9)14)15(18)19/h5,7-8,10H,4,6,14H2,1H3,(H,16,17). The zero-order chi connectivity index (χ0) is 14.4. The van der Waals surface area contributed by atoms with Crippen LogP contribution in [0.25, 0.3) is 0 Å². The molecule has 0 fully saturated rings. The van der Waals surface area contributed by atoms with Gasteiger partial charge in [0.1, 0.15) is 5.69 Å². The van der Waals surface area contributed by atoms with Crippen molar-refractivity contribution >= 4 is 17.3 Å². The summed E-state index contributed by atoms with van der Waals surface area (Å²) < 4.78 is 0. The molecule has 0 spiro atoms. The molecule has 1 aromatic rings. The summed E-state index contributed by atoms with van der Waals surface area (Å²) in [5, 5.41) is 20.0. The first-order valence-corrected chi connectivity index (χ1v) is 5.64. The number of nitrogens with two attached hydrogens (primary N) is 1. The summed E-state index contributed by atoms with van der Waals surface area (Å²) in [5.74, 6) is 3.49. The molecule has 100 valence electrons. The van der Waals surface area contributed by atoms with Gasteiger partial charge in [0.25, 0.3) is 5.69 Å². The number of anilines is 1. The van der Waals surface area contributed by atoms with Crippen LogP contribution < -0.4 is 5.73 Å². The number of hydrogen-bond donors (Lipinski definition) is 2. The van der Waals surface area contributed by atoms with Gasteiger partial charge in [-0.15, -0.1) is 11.8 Å². The van der Waals surface area contributed by atoms with E-state index in [1.165, 1.54) is 18.2 Å². The third-order valence-electron chi connectivity index (χ3n) is 2.72. The van der Waals surface area contributed by atoms with Crippen molar-refractivity contribution in [3.63, 3.8) is 0 Å². The second-order valence-electron chi connectivity index (χ2n) is 3.89. The van der Waals surface area contributed by atoms with Crippen LogP contribution in [0.15, 0.2) is 18.2 Å². The van der Waals surface area contributed by atoms with E-state index in [4.69, 9.17) is 5.73 Å². The van der Waals surface area contributed by atoms with Crippen LogP contribution in [0.5, 0.6) is 0 Å². The number of carboxylic acids is 1. The molecule has 0 amide bonds. The lowest BCUT2D eigenvalue weighted by Gasteiger charge is -2.13. The summed E-state index contributed by atoms with van der Waals surface area (Å²) in [7, 11) is 0. The minimum atomic E-state index is -1.06. The number of rotatable bonds is 5. The van der Waals surface area contributed by atoms with Gasteiger partial charge >= 0.3 is 5.97 Å². The smallest absolute Gasteiger partial charge is 0.311 e. The van der Waals surface area contributed by atoms with E-state index in [0.717, 1.165) is 0 Å². The van der Waals surface area contributed by atoms with Crippen molar-refractivity contribution < 1.29 is 14.8 Å². The molecule has 6 heteroatoms. The molecule has 1 atom stereocenters. The topological polar surface area (TPSA) is 106 Å². The number of nitrogen functional groups attached to an aromatic ring is 1. The molecule has 0 bridgehead atoms. The maximum Gasteiger partial charge on any atom is 0.311 e. The van der Waals surface area contributed by atoms with Crippen LogP contribution in [-0.2, 0) is 4.79 Å². The van der Waals surface area contributed by atoms with Crippen LogP contribution in [0.1, 0.15) is 31.2 Å². The highest BCUT2D eigenvalue weighted by molar-refractivity contribution is 5.80. The second-order valence-corrected chi connectivity index (χ2v) is 3.89. The van der Waals surface area contributed by atoms with Crippen LogP contribution in [0.3, 0.4) is 0 Å². The van der Waals surface area contributed by atoms with Crippen LogP contribution in [0.2, 0.25) is 0 Å². The molecule has 1 rings (SSSR count). The molecule has 0 aliphatic rings. The molecular weight excluding hydrogens is 248 g/mol. The molecule has 1 unspecified atom stereocenters. The molecule has 19 heavy (non-hydrogen) atoms. The maximum absolute atomic E-state index is 11.3. The Labute approximate surface area is 110 Å². The highest BCUT2D eigenvalue weighted by Gasteiger charge is 2.25. The van der Waals surface area contributed by atoms with Gasteiger partial charge in [0.05, 0.1) is 10.8 Å². The van der Waals surface area contributed by atoms with Gasteiger partial charge in [0, 0.05) is 12.5 Å². The largest absolute Gasteiger partial charge is 0.481 e. The Morgan fingerprint density at radius 1 is 1.58 bits per heavy atom. The number of nitrogens with zero attached hydrogens (tertiary/aromatic N) is 1. The highest BCUT2D eigenvalue weighted by atomic mass is 16.6. The molecule has 0 saturated carbocycles. The lowest BCUT2D eigenvalue weighted by Crippen LogP contribution is -2.14. The zero-order valence-corrected chi connectivity index (χ0v) is 10.4. The van der Waals surface area contributed by atoms with Crippen molar-refractivity contribution in [3.8, 4) is 11.8 Å². The maximum atomic E-state index is 11.3. The number of aliphatic carboxylic acids is 1. The average Bonchev–Trinajstić information content (AvgIpc) is 2.35. The lowest BCUT2D eigenvalue weighted by atomic mass is 9.92. The first-order chi connectivity index (χ1) is 8.99. The first-order valence-electron chi connectivity index (χ1n) is 5.64. The highest BCUT2D eigenvalue weighted by Crippen LogP contribution is 2.32. The number of nitro benzene ring substituents is 1. The van der Waals surface area contributed by atoms with E-state index >= 15 is 0 Å². The van der Waals surface area contributed by atoms with Gasteiger partial charge < -0.3 is 10.8 Å². The fourth-order valence-electron chi connectivity index (χ4n) is 1.79. The fourth-order valence-corrected chi connectivity index (χ4v) is 1.79. The first kappa shape index (κ1) is 14.5. The Morgan fingerprint density at radius 3 is 2.79 bits per heavy atom. The summed E-state index contributed by atoms with van der Waals surface area (Å²) in [6.07, 6.45) is 0.664. The minimum absolute atomic E-state index is 0.0932. The van der Waals surface area contributed by atoms with E-state index in [2.05, 4.69) is 11.8 Å². The van der Waals surface area contributed by atoms with Gasteiger partial charge in [-0.3, -0.25) is 14.9 Å². The van der Waals surface area contributed by atoms with Crippen LogP contribution >= 0.6 is 0 Å². The Bertz CT molecular complexity index is 557. The molecule has 0 aliphatic carbocycles. The van der Waals surface area contributed by atoms with E-state index < -0.39 is 16.8 Å². The molecule has 3 N–H and O–H groups in total. The van der Waals surface area contributed by atoms with Gasteiger partial charge in [-0.25, -0.2) is 0 Å². The third kappa shape index (κ3) is 3.45. The molecule has 0 aliphatic heterocycles. The van der Waals surface area contributed by atoms with Crippen molar-refractivity contribution in [2.45, 2.75) is 25.7 Å². The van der Waals surface area contributed by atoms with Crippen LogP contribution in [-0.4, -0.2) is 16.0 Å². The predicted octanol–water partition coefficient (Wildman–Crippen LogP) is 2.15. The van der Waals surface area contributed by atoms with Gasteiger partial charge in [-0.2, -0.15) is 0 Å². The Hall–Kier alpha value is -2.55. The minimum Gasteiger partial charge on any atom is -0.481 e. The average molecular weight is 262 g/mol. The van der Waals surface area contributed by atoms with Crippen molar-refractivity contribution in [2.24, 2.45) is 0 Å². The molecule has 1 aromatic carbocycles. The Balaban J connectivity index is 3.15. The molecular formula is C13H14N2O4. The van der Waals surface area contributed by atoms with E-state index in [1.807, 2.05) is 0 Å². The van der Waals surface area contributed by atoms with Gasteiger partial charge in [-0.1, -0.05) is 12.1 Å². The fraction of sp³-hybridized carbons (Fsp3) is 0.308. The molecule has 6 nitrogen and oxygen atoms in total. The molecule has 0 radical (unpaired) electrons. The number of para-hydroxylation sites is 1. The summed E-state index contributed by atoms with van der Waals surface area (Å²) in [4.78, 5) is 21.4. The number of benzene rings is 1. The summed E-state index contributed by atoms with van der Waals surface area (Å²) in [5.41, 5.74) is 5.58. The second kappa shape index (κ2) is 6.40. The lowest BCUT2D eigenvalue weighted by molar-refractivity contribution is -0.383.